The molecule has 6 nitrogen and oxygen atoms in total. The number of rotatable bonds is 5. The van der Waals surface area contributed by atoms with Gasteiger partial charge in [0.25, 0.3) is 5.69 Å². The van der Waals surface area contributed by atoms with Crippen molar-refractivity contribution in [2.24, 2.45) is 5.10 Å². The van der Waals surface area contributed by atoms with Gasteiger partial charge in [-0.3, -0.25) is 15.5 Å². The third kappa shape index (κ3) is 4.03. The van der Waals surface area contributed by atoms with Crippen LogP contribution in [0.2, 0.25) is 0 Å². The van der Waals surface area contributed by atoms with E-state index < -0.39 is 4.92 Å². The third-order valence-electron chi connectivity index (χ3n) is 2.65. The van der Waals surface area contributed by atoms with Crippen molar-refractivity contribution < 1.29 is 9.66 Å². The van der Waals surface area contributed by atoms with Crippen LogP contribution in [0.1, 0.15) is 5.56 Å². The SMILES string of the molecule is COc1ccc(Br)cc1C=NNc1cccc([N+](=O)[O-])c1. The number of nitro groups is 1. The molecule has 7 heteroatoms. The van der Waals surface area contributed by atoms with Crippen molar-refractivity contribution in [3.05, 3.63) is 62.6 Å². The summed E-state index contributed by atoms with van der Waals surface area (Å²) in [5, 5.41) is 14.8. The highest BCUT2D eigenvalue weighted by Gasteiger charge is 2.05. The maximum absolute atomic E-state index is 10.7. The van der Waals surface area contributed by atoms with Gasteiger partial charge in [-0.05, 0) is 24.3 Å². The van der Waals surface area contributed by atoms with E-state index in [1.54, 1.807) is 25.5 Å². The van der Waals surface area contributed by atoms with Gasteiger partial charge in [-0.25, -0.2) is 0 Å². The molecular weight excluding hydrogens is 338 g/mol. The molecule has 0 fully saturated rings. The van der Waals surface area contributed by atoms with Crippen LogP contribution < -0.4 is 10.2 Å². The highest BCUT2D eigenvalue weighted by atomic mass is 79.9. The Hall–Kier alpha value is -2.41. The molecule has 0 atom stereocenters. The second kappa shape index (κ2) is 6.85. The third-order valence-corrected chi connectivity index (χ3v) is 3.14. The zero-order valence-corrected chi connectivity index (χ0v) is 12.7. The first-order valence-corrected chi connectivity index (χ1v) is 6.76. The highest BCUT2D eigenvalue weighted by molar-refractivity contribution is 9.10. The topological polar surface area (TPSA) is 76.8 Å². The van der Waals surface area contributed by atoms with E-state index >= 15 is 0 Å². The summed E-state index contributed by atoms with van der Waals surface area (Å²) in [6.07, 6.45) is 1.59. The fourth-order valence-electron chi connectivity index (χ4n) is 1.67. The lowest BCUT2D eigenvalue weighted by molar-refractivity contribution is -0.384. The van der Waals surface area contributed by atoms with Crippen molar-refractivity contribution in [3.63, 3.8) is 0 Å². The summed E-state index contributed by atoms with van der Waals surface area (Å²) in [5.41, 5.74) is 4.08. The molecule has 2 rings (SSSR count). The van der Waals surface area contributed by atoms with Gasteiger partial charge in [0.1, 0.15) is 5.75 Å². The van der Waals surface area contributed by atoms with Gasteiger partial charge < -0.3 is 4.74 Å². The monoisotopic (exact) mass is 349 g/mol. The van der Waals surface area contributed by atoms with Crippen molar-refractivity contribution in [2.45, 2.75) is 0 Å². The van der Waals surface area contributed by atoms with E-state index in [9.17, 15) is 10.1 Å². The summed E-state index contributed by atoms with van der Waals surface area (Å²) >= 11 is 3.38. The lowest BCUT2D eigenvalue weighted by atomic mass is 10.2. The fourth-order valence-corrected chi connectivity index (χ4v) is 2.05. The van der Waals surface area contributed by atoms with Crippen LogP contribution in [0.25, 0.3) is 0 Å². The second-order valence-electron chi connectivity index (χ2n) is 4.06. The molecule has 21 heavy (non-hydrogen) atoms. The number of nitrogens with one attached hydrogen (secondary N) is 1. The lowest BCUT2D eigenvalue weighted by Crippen LogP contribution is -1.95. The van der Waals surface area contributed by atoms with Crippen molar-refractivity contribution in [1.82, 2.24) is 0 Å². The normalized spacial score (nSPS) is 10.6. The van der Waals surface area contributed by atoms with Crippen molar-refractivity contribution in [1.29, 1.82) is 0 Å². The molecule has 0 aromatic heterocycles. The standard InChI is InChI=1S/C14H12BrN3O3/c1-21-14-6-5-11(15)7-10(14)9-16-17-12-3-2-4-13(8-12)18(19)20/h2-9,17H,1H3. The molecule has 0 saturated heterocycles. The Morgan fingerprint density at radius 2 is 2.14 bits per heavy atom. The number of hydrazone groups is 1. The van der Waals surface area contributed by atoms with E-state index in [2.05, 4.69) is 26.5 Å². The van der Waals surface area contributed by atoms with Crippen LogP contribution in [-0.4, -0.2) is 18.2 Å². The summed E-state index contributed by atoms with van der Waals surface area (Å²) in [4.78, 5) is 10.2. The van der Waals surface area contributed by atoms with E-state index in [0.717, 1.165) is 10.0 Å². The molecule has 0 unspecified atom stereocenters. The Balaban J connectivity index is 2.14. The molecule has 1 N–H and O–H groups in total. The molecule has 2 aromatic carbocycles. The number of hydrogen-bond acceptors (Lipinski definition) is 5. The summed E-state index contributed by atoms with van der Waals surface area (Å²) in [6, 6.07) is 11.7. The van der Waals surface area contributed by atoms with E-state index in [-0.39, 0.29) is 5.69 Å². The molecule has 0 spiro atoms. The van der Waals surface area contributed by atoms with Gasteiger partial charge in [0.2, 0.25) is 0 Å². The number of ether oxygens (including phenoxy) is 1. The predicted octanol–water partition coefficient (Wildman–Crippen LogP) is 3.81. The van der Waals surface area contributed by atoms with Crippen molar-refractivity contribution in [3.8, 4) is 5.75 Å². The zero-order valence-electron chi connectivity index (χ0n) is 11.1. The molecule has 0 amide bonds. The van der Waals surface area contributed by atoms with Crippen molar-refractivity contribution in [2.75, 3.05) is 12.5 Å². The molecule has 2 aromatic rings. The summed E-state index contributed by atoms with van der Waals surface area (Å²) in [6.45, 7) is 0. The highest BCUT2D eigenvalue weighted by Crippen LogP contribution is 2.21. The second-order valence-corrected chi connectivity index (χ2v) is 4.98. The Morgan fingerprint density at radius 1 is 1.33 bits per heavy atom. The minimum absolute atomic E-state index is 0.00948. The van der Waals surface area contributed by atoms with Crippen LogP contribution in [-0.2, 0) is 0 Å². The summed E-state index contributed by atoms with van der Waals surface area (Å²) in [7, 11) is 1.58. The number of nitro benzene ring substituents is 1. The molecule has 0 saturated carbocycles. The maximum Gasteiger partial charge on any atom is 0.271 e. The molecule has 0 bridgehead atoms. The van der Waals surface area contributed by atoms with Gasteiger partial charge in [0.15, 0.2) is 0 Å². The van der Waals surface area contributed by atoms with Crippen LogP contribution in [0.3, 0.4) is 0 Å². The van der Waals surface area contributed by atoms with Crippen LogP contribution in [0.4, 0.5) is 11.4 Å². The van der Waals surface area contributed by atoms with Gasteiger partial charge in [-0.1, -0.05) is 22.0 Å². The molecular formula is C14H12BrN3O3. The smallest absolute Gasteiger partial charge is 0.271 e. The van der Waals surface area contributed by atoms with Gasteiger partial charge in [-0.2, -0.15) is 5.10 Å². The van der Waals surface area contributed by atoms with E-state index in [4.69, 9.17) is 4.74 Å². The van der Waals surface area contributed by atoms with Gasteiger partial charge >= 0.3 is 0 Å². The number of non-ortho nitro benzene ring substituents is 1. The van der Waals surface area contributed by atoms with E-state index in [1.807, 2.05) is 18.2 Å². The molecule has 0 aliphatic heterocycles. The quantitative estimate of drug-likeness (QED) is 0.505. The Kier molecular flexibility index (Phi) is 4.89. The fraction of sp³-hybridized carbons (Fsp3) is 0.0714. The van der Waals surface area contributed by atoms with Crippen LogP contribution in [0, 0.1) is 10.1 Å². The first-order chi connectivity index (χ1) is 10.1. The molecule has 108 valence electrons. The average Bonchev–Trinajstić information content (AvgIpc) is 2.48. The largest absolute Gasteiger partial charge is 0.496 e. The number of anilines is 1. The molecule has 0 aliphatic rings. The first-order valence-electron chi connectivity index (χ1n) is 5.97. The summed E-state index contributed by atoms with van der Waals surface area (Å²) in [5.74, 6) is 0.683. The minimum atomic E-state index is -0.452. The number of hydrogen-bond donors (Lipinski definition) is 1. The Morgan fingerprint density at radius 3 is 2.86 bits per heavy atom. The number of halogens is 1. The number of benzene rings is 2. The Labute approximate surface area is 129 Å². The van der Waals surface area contributed by atoms with Gasteiger partial charge in [0, 0.05) is 22.2 Å². The number of nitrogens with zero attached hydrogens (tertiary/aromatic N) is 2. The lowest BCUT2D eigenvalue weighted by Gasteiger charge is -2.05. The van der Waals surface area contributed by atoms with Gasteiger partial charge in [-0.15, -0.1) is 0 Å². The Bertz CT molecular complexity index is 689. The molecule has 0 radical (unpaired) electrons. The zero-order chi connectivity index (χ0) is 15.2. The predicted molar refractivity (Wildman–Crippen MR) is 85.0 cm³/mol. The van der Waals surface area contributed by atoms with Crippen molar-refractivity contribution >= 4 is 33.5 Å². The van der Waals surface area contributed by atoms with Gasteiger partial charge in [0.05, 0.1) is 23.9 Å². The molecule has 0 heterocycles. The number of methoxy groups -OCH3 is 1. The first kappa shape index (κ1) is 15.0. The maximum atomic E-state index is 10.7. The van der Waals surface area contributed by atoms with E-state index in [1.165, 1.54) is 12.1 Å². The average molecular weight is 350 g/mol. The van der Waals surface area contributed by atoms with Crippen LogP contribution in [0.5, 0.6) is 5.75 Å². The minimum Gasteiger partial charge on any atom is -0.496 e. The molecule has 0 aliphatic carbocycles. The van der Waals surface area contributed by atoms with Crippen LogP contribution in [0.15, 0.2) is 52.0 Å². The van der Waals surface area contributed by atoms with E-state index in [0.29, 0.717) is 11.4 Å². The summed E-state index contributed by atoms with van der Waals surface area (Å²) < 4.78 is 6.13. The van der Waals surface area contributed by atoms with Crippen LogP contribution >= 0.6 is 15.9 Å².